The smallest absolute Gasteiger partial charge is 0.259 e. The molecular formula is C26H30N4O4. The lowest BCUT2D eigenvalue weighted by Crippen LogP contribution is -2.50. The molecular weight excluding hydrogens is 432 g/mol. The number of likely N-dealkylation sites (N-methyl/N-ethyl adjacent to an activating group) is 1. The standard InChI is InChI=1S/C26H30N4O4/c1-16-13-30(17(2)15-31)26(33)22-10-21(20-6-4-5-18(9-20)11-27)12-28-24(22)34-23(16)14-29(3)25(32)19-7-8-19/h4-6,9-10,12,16-17,19,23,31H,7-8,13-15H2,1-3H3/t16-,17+,23-/m0/s1. The van der Waals surface area contributed by atoms with Crippen molar-refractivity contribution in [3.05, 3.63) is 47.7 Å². The number of hydrogen-bond acceptors (Lipinski definition) is 6. The molecule has 0 radical (unpaired) electrons. The summed E-state index contributed by atoms with van der Waals surface area (Å²) in [6.45, 7) is 4.38. The zero-order valence-electron chi connectivity index (χ0n) is 19.8. The van der Waals surface area contributed by atoms with E-state index in [2.05, 4.69) is 11.1 Å². The van der Waals surface area contributed by atoms with Gasteiger partial charge in [0.25, 0.3) is 5.91 Å². The molecule has 0 spiro atoms. The highest BCUT2D eigenvalue weighted by molar-refractivity contribution is 5.98. The predicted octanol–water partition coefficient (Wildman–Crippen LogP) is 2.71. The van der Waals surface area contributed by atoms with Crippen LogP contribution in [0.15, 0.2) is 36.5 Å². The third kappa shape index (κ3) is 4.90. The van der Waals surface area contributed by atoms with Gasteiger partial charge in [-0.25, -0.2) is 4.98 Å². The molecule has 2 heterocycles. The lowest BCUT2D eigenvalue weighted by molar-refractivity contribution is -0.132. The molecule has 8 nitrogen and oxygen atoms in total. The Morgan fingerprint density at radius 1 is 1.35 bits per heavy atom. The molecule has 2 aliphatic rings. The number of amides is 2. The summed E-state index contributed by atoms with van der Waals surface area (Å²) in [6.07, 6.45) is 3.12. The molecule has 1 saturated carbocycles. The minimum Gasteiger partial charge on any atom is -0.472 e. The molecule has 1 fully saturated rings. The van der Waals surface area contributed by atoms with Gasteiger partial charge < -0.3 is 19.6 Å². The Bertz CT molecular complexity index is 1120. The van der Waals surface area contributed by atoms with Crippen molar-refractivity contribution in [1.29, 1.82) is 5.26 Å². The van der Waals surface area contributed by atoms with Crippen LogP contribution in [0.2, 0.25) is 0 Å². The Morgan fingerprint density at radius 2 is 2.12 bits per heavy atom. The number of pyridine rings is 1. The van der Waals surface area contributed by atoms with Crippen LogP contribution in [0.3, 0.4) is 0 Å². The first kappa shape index (κ1) is 23.7. The predicted molar refractivity (Wildman–Crippen MR) is 126 cm³/mol. The van der Waals surface area contributed by atoms with Gasteiger partial charge in [0, 0.05) is 37.2 Å². The second-order valence-corrected chi connectivity index (χ2v) is 9.39. The number of fused-ring (bicyclic) bond motifs is 1. The largest absolute Gasteiger partial charge is 0.472 e. The van der Waals surface area contributed by atoms with E-state index in [4.69, 9.17) is 4.74 Å². The third-order valence-electron chi connectivity index (χ3n) is 6.60. The summed E-state index contributed by atoms with van der Waals surface area (Å²) >= 11 is 0. The average molecular weight is 463 g/mol. The number of rotatable bonds is 6. The number of nitrogens with zero attached hydrogens (tertiary/aromatic N) is 4. The van der Waals surface area contributed by atoms with E-state index >= 15 is 0 Å². The molecule has 1 aliphatic heterocycles. The normalized spacial score (nSPS) is 20.9. The van der Waals surface area contributed by atoms with Crippen LogP contribution in [0.1, 0.15) is 42.6 Å². The number of aliphatic hydroxyl groups excluding tert-OH is 1. The van der Waals surface area contributed by atoms with E-state index in [0.717, 1.165) is 18.4 Å². The van der Waals surface area contributed by atoms with E-state index in [1.54, 1.807) is 54.2 Å². The van der Waals surface area contributed by atoms with Crippen LogP contribution >= 0.6 is 0 Å². The molecule has 0 unspecified atom stereocenters. The Morgan fingerprint density at radius 3 is 2.79 bits per heavy atom. The van der Waals surface area contributed by atoms with Crippen LogP contribution in [0.5, 0.6) is 5.88 Å². The van der Waals surface area contributed by atoms with E-state index in [-0.39, 0.29) is 42.2 Å². The summed E-state index contributed by atoms with van der Waals surface area (Å²) in [5.41, 5.74) is 2.27. The second kappa shape index (κ2) is 9.82. The van der Waals surface area contributed by atoms with E-state index in [9.17, 15) is 20.0 Å². The number of aromatic nitrogens is 1. The molecule has 2 amide bonds. The molecule has 1 aliphatic carbocycles. The quantitative estimate of drug-likeness (QED) is 0.707. The SMILES string of the molecule is C[C@H](CO)N1C[C@H](C)[C@H](CN(C)C(=O)C2CC2)Oc2ncc(-c3cccc(C#N)c3)cc2C1=O. The molecule has 0 bridgehead atoms. The first-order chi connectivity index (χ1) is 16.3. The van der Waals surface area contributed by atoms with Crippen molar-refractivity contribution < 1.29 is 19.4 Å². The fraction of sp³-hybridized carbons (Fsp3) is 0.462. The van der Waals surface area contributed by atoms with Gasteiger partial charge in [-0.2, -0.15) is 5.26 Å². The van der Waals surface area contributed by atoms with Gasteiger partial charge in [-0.1, -0.05) is 19.1 Å². The van der Waals surface area contributed by atoms with E-state index in [1.807, 2.05) is 13.0 Å². The molecule has 0 saturated heterocycles. The van der Waals surface area contributed by atoms with Crippen molar-refractivity contribution >= 4 is 11.8 Å². The summed E-state index contributed by atoms with van der Waals surface area (Å²) in [5.74, 6) is 0.0856. The lowest BCUT2D eigenvalue weighted by Gasteiger charge is -2.37. The number of ether oxygens (including phenoxy) is 1. The Kier molecular flexibility index (Phi) is 6.85. The van der Waals surface area contributed by atoms with Gasteiger partial charge in [0.05, 0.1) is 30.8 Å². The Labute approximate surface area is 199 Å². The van der Waals surface area contributed by atoms with E-state index < -0.39 is 6.04 Å². The number of hydrogen-bond donors (Lipinski definition) is 1. The highest BCUT2D eigenvalue weighted by Crippen LogP contribution is 2.33. The maximum atomic E-state index is 13.6. The summed E-state index contributed by atoms with van der Waals surface area (Å²) in [5, 5.41) is 19.1. The van der Waals surface area contributed by atoms with E-state index in [0.29, 0.717) is 29.8 Å². The molecule has 3 atom stereocenters. The Hall–Kier alpha value is -3.44. The van der Waals surface area contributed by atoms with Crippen molar-refractivity contribution in [2.75, 3.05) is 26.7 Å². The lowest BCUT2D eigenvalue weighted by atomic mass is 9.98. The molecule has 178 valence electrons. The minimum atomic E-state index is -0.391. The maximum Gasteiger partial charge on any atom is 0.259 e. The van der Waals surface area contributed by atoms with Crippen molar-refractivity contribution in [2.45, 2.75) is 38.8 Å². The zero-order valence-corrected chi connectivity index (χ0v) is 19.8. The van der Waals surface area contributed by atoms with Gasteiger partial charge >= 0.3 is 0 Å². The topological polar surface area (TPSA) is 107 Å². The highest BCUT2D eigenvalue weighted by atomic mass is 16.5. The molecule has 4 rings (SSSR count). The first-order valence-electron chi connectivity index (χ1n) is 11.7. The van der Waals surface area contributed by atoms with Gasteiger partial charge in [0.15, 0.2) is 0 Å². The van der Waals surface area contributed by atoms with Crippen LogP contribution in [0, 0.1) is 23.2 Å². The Balaban J connectivity index is 1.71. The van der Waals surface area contributed by atoms with Gasteiger partial charge in [-0.3, -0.25) is 9.59 Å². The molecule has 1 aromatic carbocycles. The molecule has 8 heteroatoms. The number of carbonyl (C=O) groups is 2. The maximum absolute atomic E-state index is 13.6. The van der Waals surface area contributed by atoms with Crippen LogP contribution in [0.25, 0.3) is 11.1 Å². The van der Waals surface area contributed by atoms with Crippen LogP contribution in [-0.2, 0) is 4.79 Å². The van der Waals surface area contributed by atoms with Gasteiger partial charge in [-0.05, 0) is 43.5 Å². The number of nitriles is 1. The summed E-state index contributed by atoms with van der Waals surface area (Å²) < 4.78 is 6.27. The van der Waals surface area contributed by atoms with Crippen molar-refractivity contribution in [3.63, 3.8) is 0 Å². The zero-order chi connectivity index (χ0) is 24.4. The molecule has 1 aromatic heterocycles. The van der Waals surface area contributed by atoms with Gasteiger partial charge in [0.1, 0.15) is 11.7 Å². The number of benzene rings is 1. The van der Waals surface area contributed by atoms with Gasteiger partial charge in [-0.15, -0.1) is 0 Å². The molecule has 34 heavy (non-hydrogen) atoms. The van der Waals surface area contributed by atoms with Crippen molar-refractivity contribution in [3.8, 4) is 23.1 Å². The second-order valence-electron chi connectivity index (χ2n) is 9.39. The van der Waals surface area contributed by atoms with E-state index in [1.165, 1.54) is 0 Å². The monoisotopic (exact) mass is 462 g/mol. The average Bonchev–Trinajstić information content (AvgIpc) is 3.70. The van der Waals surface area contributed by atoms with Crippen molar-refractivity contribution in [2.24, 2.45) is 11.8 Å². The third-order valence-corrected chi connectivity index (χ3v) is 6.60. The molecule has 1 N–H and O–H groups in total. The highest BCUT2D eigenvalue weighted by Gasteiger charge is 2.37. The minimum absolute atomic E-state index is 0.0886. The molecule has 2 aromatic rings. The summed E-state index contributed by atoms with van der Waals surface area (Å²) in [6, 6.07) is 10.6. The van der Waals surface area contributed by atoms with Crippen LogP contribution in [0.4, 0.5) is 0 Å². The van der Waals surface area contributed by atoms with Crippen LogP contribution in [-0.4, -0.2) is 70.6 Å². The number of carbonyl (C=O) groups excluding carboxylic acids is 2. The first-order valence-corrected chi connectivity index (χ1v) is 11.7. The number of aliphatic hydroxyl groups is 1. The van der Waals surface area contributed by atoms with Crippen molar-refractivity contribution in [1.82, 2.24) is 14.8 Å². The fourth-order valence-electron chi connectivity index (χ4n) is 4.25. The fourth-order valence-corrected chi connectivity index (χ4v) is 4.25. The summed E-state index contributed by atoms with van der Waals surface area (Å²) in [4.78, 5) is 34.0. The summed E-state index contributed by atoms with van der Waals surface area (Å²) in [7, 11) is 1.79. The van der Waals surface area contributed by atoms with Crippen LogP contribution < -0.4 is 4.74 Å². The van der Waals surface area contributed by atoms with Gasteiger partial charge in [0.2, 0.25) is 11.8 Å².